The summed E-state index contributed by atoms with van der Waals surface area (Å²) >= 11 is 0. The molecule has 0 saturated carbocycles. The lowest BCUT2D eigenvalue weighted by molar-refractivity contribution is -0.194. The van der Waals surface area contributed by atoms with E-state index in [1.54, 1.807) is 52.4 Å². The van der Waals surface area contributed by atoms with E-state index in [1.165, 1.54) is 0 Å². The lowest BCUT2D eigenvalue weighted by Crippen LogP contribution is -2.77. The molecule has 186 valence electrons. The largest absolute Gasteiger partial charge is 0.334 e. The van der Waals surface area contributed by atoms with Crippen molar-refractivity contribution in [2.24, 2.45) is 0 Å². The molecule has 1 N–H and O–H groups in total. The van der Waals surface area contributed by atoms with Gasteiger partial charge in [-0.15, -0.1) is 0 Å². The first-order valence-electron chi connectivity index (χ1n) is 12.0. The van der Waals surface area contributed by atoms with Gasteiger partial charge < -0.3 is 15.1 Å². The van der Waals surface area contributed by atoms with Gasteiger partial charge in [0.2, 0.25) is 11.8 Å². The number of urea groups is 1. The second-order valence-electron chi connectivity index (χ2n) is 9.26. The molecule has 10 nitrogen and oxygen atoms in total. The monoisotopic (exact) mass is 487 g/mol. The normalized spacial score (nSPS) is 22.6. The number of likely N-dealkylation sites (N-methyl/N-ethyl adjacent to an activating group) is 1. The summed E-state index contributed by atoms with van der Waals surface area (Å²) in [6.45, 7) is 4.27. The zero-order valence-electron chi connectivity index (χ0n) is 20.5. The van der Waals surface area contributed by atoms with Crippen LogP contribution >= 0.6 is 0 Å². The fraction of sp³-hybridized carbons (Fsp3) is 0.346. The van der Waals surface area contributed by atoms with E-state index < -0.39 is 18.2 Å². The van der Waals surface area contributed by atoms with E-state index in [0.29, 0.717) is 13.1 Å². The van der Waals surface area contributed by atoms with E-state index in [9.17, 15) is 14.4 Å². The molecule has 4 amide bonds. The van der Waals surface area contributed by atoms with E-state index in [1.807, 2.05) is 49.4 Å². The van der Waals surface area contributed by atoms with Crippen molar-refractivity contribution < 1.29 is 14.4 Å². The SMILES string of the molecule is C[C@H]1[C@H]2N(C(=O)CN(C)N2C(=O)NCc2ccncc2)[C@@H](C)C(=O)N1Cc1cccc2cccnc12. The Morgan fingerprint density at radius 2 is 1.81 bits per heavy atom. The van der Waals surface area contributed by atoms with Gasteiger partial charge in [0.05, 0.1) is 18.1 Å². The number of carbonyl (C=O) groups excluding carboxylic acids is 3. The zero-order chi connectivity index (χ0) is 25.4. The Morgan fingerprint density at radius 1 is 1.06 bits per heavy atom. The molecular weight excluding hydrogens is 458 g/mol. The molecule has 2 aliphatic rings. The Kier molecular flexibility index (Phi) is 6.27. The highest BCUT2D eigenvalue weighted by Gasteiger charge is 2.52. The van der Waals surface area contributed by atoms with Gasteiger partial charge in [-0.3, -0.25) is 19.6 Å². The summed E-state index contributed by atoms with van der Waals surface area (Å²) in [4.78, 5) is 51.8. The van der Waals surface area contributed by atoms with E-state index >= 15 is 0 Å². The summed E-state index contributed by atoms with van der Waals surface area (Å²) in [5.74, 6) is -0.332. The molecule has 0 unspecified atom stereocenters. The van der Waals surface area contributed by atoms with Crippen LogP contribution in [0.15, 0.2) is 61.1 Å². The number of nitrogens with zero attached hydrogens (tertiary/aromatic N) is 6. The number of hydrazine groups is 1. The maximum absolute atomic E-state index is 13.5. The molecule has 2 saturated heterocycles. The first-order chi connectivity index (χ1) is 17.4. The van der Waals surface area contributed by atoms with Crippen molar-refractivity contribution in [2.45, 2.75) is 45.2 Å². The van der Waals surface area contributed by atoms with Crippen LogP contribution in [0.4, 0.5) is 4.79 Å². The summed E-state index contributed by atoms with van der Waals surface area (Å²) in [5.41, 5.74) is 2.66. The van der Waals surface area contributed by atoms with E-state index in [-0.39, 0.29) is 24.4 Å². The number of piperazine rings is 1. The molecule has 4 heterocycles. The van der Waals surface area contributed by atoms with Crippen molar-refractivity contribution in [3.63, 3.8) is 0 Å². The summed E-state index contributed by atoms with van der Waals surface area (Å²) in [7, 11) is 1.72. The number of carbonyl (C=O) groups is 3. The minimum absolute atomic E-state index is 0.0107. The third kappa shape index (κ3) is 4.13. The topological polar surface area (TPSA) is 102 Å². The molecule has 0 spiro atoms. The Hall–Kier alpha value is -4.05. The molecule has 1 aromatic carbocycles. The quantitative estimate of drug-likeness (QED) is 0.604. The number of benzene rings is 1. The molecule has 36 heavy (non-hydrogen) atoms. The predicted molar refractivity (Wildman–Crippen MR) is 133 cm³/mol. The van der Waals surface area contributed by atoms with Crippen LogP contribution in [-0.2, 0) is 22.7 Å². The molecule has 3 aromatic rings. The van der Waals surface area contributed by atoms with Gasteiger partial charge in [0.1, 0.15) is 12.2 Å². The van der Waals surface area contributed by atoms with Gasteiger partial charge in [0, 0.05) is 44.1 Å². The van der Waals surface area contributed by atoms with Gasteiger partial charge in [-0.25, -0.2) is 14.8 Å². The second kappa shape index (κ2) is 9.54. The van der Waals surface area contributed by atoms with Gasteiger partial charge in [-0.05, 0) is 43.2 Å². The third-order valence-electron chi connectivity index (χ3n) is 6.99. The summed E-state index contributed by atoms with van der Waals surface area (Å²) in [5, 5.41) is 7.13. The minimum atomic E-state index is -0.703. The van der Waals surface area contributed by atoms with Crippen LogP contribution in [0.5, 0.6) is 0 Å². The summed E-state index contributed by atoms with van der Waals surface area (Å²) < 4.78 is 0. The molecule has 10 heteroatoms. The Morgan fingerprint density at radius 3 is 2.58 bits per heavy atom. The van der Waals surface area contributed by atoms with E-state index in [0.717, 1.165) is 22.0 Å². The van der Waals surface area contributed by atoms with Crippen LogP contribution in [0.3, 0.4) is 0 Å². The molecule has 0 bridgehead atoms. The first-order valence-corrected chi connectivity index (χ1v) is 12.0. The Balaban J connectivity index is 1.45. The van der Waals surface area contributed by atoms with Crippen molar-refractivity contribution in [3.05, 3.63) is 72.2 Å². The molecular formula is C26H29N7O3. The van der Waals surface area contributed by atoms with Crippen LogP contribution in [0.25, 0.3) is 10.9 Å². The van der Waals surface area contributed by atoms with Crippen molar-refractivity contribution >= 4 is 28.7 Å². The van der Waals surface area contributed by atoms with Gasteiger partial charge >= 0.3 is 6.03 Å². The lowest BCUT2D eigenvalue weighted by atomic mass is 10.00. The van der Waals surface area contributed by atoms with Crippen molar-refractivity contribution in [3.8, 4) is 0 Å². The van der Waals surface area contributed by atoms with E-state index in [4.69, 9.17) is 0 Å². The van der Waals surface area contributed by atoms with Crippen LogP contribution in [0.1, 0.15) is 25.0 Å². The highest BCUT2D eigenvalue weighted by Crippen LogP contribution is 2.31. The van der Waals surface area contributed by atoms with Crippen LogP contribution in [0, 0.1) is 0 Å². The smallest absolute Gasteiger partial charge is 0.333 e. The van der Waals surface area contributed by atoms with Crippen molar-refractivity contribution in [2.75, 3.05) is 13.6 Å². The lowest BCUT2D eigenvalue weighted by Gasteiger charge is -2.56. The maximum atomic E-state index is 13.5. The van der Waals surface area contributed by atoms with Gasteiger partial charge in [-0.1, -0.05) is 24.3 Å². The summed E-state index contributed by atoms with van der Waals surface area (Å²) in [6, 6.07) is 11.9. The third-order valence-corrected chi connectivity index (χ3v) is 6.99. The van der Waals surface area contributed by atoms with Crippen LogP contribution in [-0.4, -0.2) is 79.5 Å². The van der Waals surface area contributed by atoms with Gasteiger partial charge in [-0.2, -0.15) is 0 Å². The number of nitrogens with one attached hydrogen (secondary N) is 1. The Bertz CT molecular complexity index is 1300. The molecule has 0 radical (unpaired) electrons. The number of hydrogen-bond acceptors (Lipinski definition) is 6. The highest BCUT2D eigenvalue weighted by molar-refractivity contribution is 5.92. The standard InChI is InChI=1S/C26H29N7O3/c1-17-24-32(22(34)16-30(3)33(24)26(36)29-14-19-9-12-27-13-10-19)18(2)25(35)31(17)15-21-7-4-6-20-8-5-11-28-23(20)21/h4-13,17-18,24H,14-16H2,1-3H3,(H,29,36)/t17-,18-,24-/m0/s1. The Labute approximate surface area is 209 Å². The number of para-hydroxylation sites is 1. The number of fused-ring (bicyclic) bond motifs is 2. The second-order valence-corrected chi connectivity index (χ2v) is 9.26. The molecule has 5 rings (SSSR count). The van der Waals surface area contributed by atoms with E-state index in [2.05, 4.69) is 15.3 Å². The summed E-state index contributed by atoms with van der Waals surface area (Å²) in [6.07, 6.45) is 4.43. The number of rotatable bonds is 4. The maximum Gasteiger partial charge on any atom is 0.334 e. The predicted octanol–water partition coefficient (Wildman–Crippen LogP) is 1.98. The molecule has 0 aliphatic carbocycles. The first kappa shape index (κ1) is 23.7. The van der Waals surface area contributed by atoms with Crippen molar-refractivity contribution in [1.29, 1.82) is 0 Å². The van der Waals surface area contributed by atoms with Crippen LogP contribution in [0.2, 0.25) is 0 Å². The molecule has 2 aliphatic heterocycles. The number of amides is 4. The number of aromatic nitrogens is 2. The number of hydrogen-bond donors (Lipinski definition) is 1. The van der Waals surface area contributed by atoms with Gasteiger partial charge in [0.15, 0.2) is 0 Å². The molecule has 2 aromatic heterocycles. The van der Waals surface area contributed by atoms with Gasteiger partial charge in [0.25, 0.3) is 0 Å². The average Bonchev–Trinajstić information content (AvgIpc) is 2.88. The highest BCUT2D eigenvalue weighted by atomic mass is 16.2. The van der Waals surface area contributed by atoms with Crippen molar-refractivity contribution in [1.82, 2.24) is 35.1 Å². The minimum Gasteiger partial charge on any atom is -0.333 e. The average molecular weight is 488 g/mol. The van der Waals surface area contributed by atoms with Crippen LogP contribution < -0.4 is 5.32 Å². The fourth-order valence-corrected chi connectivity index (χ4v) is 5.16. The molecule has 3 atom stereocenters. The fourth-order valence-electron chi connectivity index (χ4n) is 5.16. The molecule has 2 fully saturated rings. The number of pyridine rings is 2. The zero-order valence-corrected chi connectivity index (χ0v) is 20.5.